The lowest BCUT2D eigenvalue weighted by atomic mass is 10.1. The number of piperidine rings is 1. The molecular weight excluding hydrogens is 176 g/mol. The summed E-state index contributed by atoms with van der Waals surface area (Å²) in [6, 6.07) is 0.708. The summed E-state index contributed by atoms with van der Waals surface area (Å²) >= 11 is 0. The molecule has 4 nitrogen and oxygen atoms in total. The van der Waals surface area contributed by atoms with Crippen molar-refractivity contribution in [2.75, 3.05) is 19.6 Å². The van der Waals surface area contributed by atoms with Gasteiger partial charge in [0.15, 0.2) is 0 Å². The van der Waals surface area contributed by atoms with Crippen LogP contribution in [0.1, 0.15) is 12.8 Å². The van der Waals surface area contributed by atoms with Crippen LogP contribution in [0.5, 0.6) is 0 Å². The van der Waals surface area contributed by atoms with E-state index in [1.807, 2.05) is 18.7 Å². The van der Waals surface area contributed by atoms with Crippen molar-refractivity contribution in [3.05, 3.63) is 18.7 Å². The van der Waals surface area contributed by atoms with E-state index in [9.17, 15) is 0 Å². The molecule has 2 heterocycles. The molecule has 1 aliphatic rings. The van der Waals surface area contributed by atoms with Crippen LogP contribution in [-0.2, 0) is 6.54 Å². The van der Waals surface area contributed by atoms with Crippen LogP contribution < -0.4 is 10.6 Å². The summed E-state index contributed by atoms with van der Waals surface area (Å²) in [6.45, 7) is 4.37. The predicted octanol–water partition coefficient (Wildman–Crippen LogP) is 0.225. The topological polar surface area (TPSA) is 41.9 Å². The summed E-state index contributed by atoms with van der Waals surface area (Å²) < 4.78 is 2.11. The fourth-order valence-electron chi connectivity index (χ4n) is 1.84. The smallest absolute Gasteiger partial charge is 0.0946 e. The molecule has 2 rings (SSSR count). The summed E-state index contributed by atoms with van der Waals surface area (Å²) in [5.41, 5.74) is 0. The molecule has 1 aliphatic heterocycles. The summed E-state index contributed by atoms with van der Waals surface area (Å²) in [5.74, 6) is 0. The fraction of sp³-hybridized carbons (Fsp3) is 0.700. The van der Waals surface area contributed by atoms with Gasteiger partial charge in [0.1, 0.15) is 0 Å². The van der Waals surface area contributed by atoms with Gasteiger partial charge < -0.3 is 15.2 Å². The number of rotatable bonds is 4. The quantitative estimate of drug-likeness (QED) is 0.720. The van der Waals surface area contributed by atoms with E-state index in [1.165, 1.54) is 12.8 Å². The normalized spacial score (nSPS) is 18.6. The fourth-order valence-corrected chi connectivity index (χ4v) is 1.84. The molecule has 1 aromatic heterocycles. The molecule has 1 fully saturated rings. The lowest BCUT2D eigenvalue weighted by molar-refractivity contribution is 0.381. The van der Waals surface area contributed by atoms with Gasteiger partial charge in [-0.2, -0.15) is 0 Å². The maximum absolute atomic E-state index is 4.01. The highest BCUT2D eigenvalue weighted by molar-refractivity contribution is 4.77. The Bertz CT molecular complexity index is 239. The van der Waals surface area contributed by atoms with Crippen LogP contribution >= 0.6 is 0 Å². The second-order valence-corrected chi connectivity index (χ2v) is 3.78. The zero-order chi connectivity index (χ0) is 9.64. The van der Waals surface area contributed by atoms with Crippen molar-refractivity contribution >= 4 is 0 Å². The predicted molar refractivity (Wildman–Crippen MR) is 56.1 cm³/mol. The molecular formula is C10H18N4. The molecule has 0 unspecified atom stereocenters. The molecule has 0 aromatic carbocycles. The first-order valence-corrected chi connectivity index (χ1v) is 5.35. The molecule has 0 saturated carbocycles. The molecule has 4 heteroatoms. The molecule has 78 valence electrons. The highest BCUT2D eigenvalue weighted by atomic mass is 15.1. The average Bonchev–Trinajstić information content (AvgIpc) is 2.72. The molecule has 0 amide bonds. The summed E-state index contributed by atoms with van der Waals surface area (Å²) in [7, 11) is 0. The lowest BCUT2D eigenvalue weighted by Gasteiger charge is -2.23. The van der Waals surface area contributed by atoms with Crippen LogP contribution in [0.15, 0.2) is 18.7 Å². The summed E-state index contributed by atoms with van der Waals surface area (Å²) in [6.07, 6.45) is 8.20. The molecule has 0 aliphatic carbocycles. The maximum atomic E-state index is 4.01. The van der Waals surface area contributed by atoms with Crippen molar-refractivity contribution in [1.82, 2.24) is 20.2 Å². The van der Waals surface area contributed by atoms with Gasteiger partial charge in [0.25, 0.3) is 0 Å². The zero-order valence-corrected chi connectivity index (χ0v) is 8.45. The Morgan fingerprint density at radius 1 is 1.43 bits per heavy atom. The van der Waals surface area contributed by atoms with Crippen molar-refractivity contribution in [3.63, 3.8) is 0 Å². The first-order valence-electron chi connectivity index (χ1n) is 5.35. The molecule has 1 aromatic rings. The Morgan fingerprint density at radius 3 is 3.00 bits per heavy atom. The van der Waals surface area contributed by atoms with Gasteiger partial charge in [-0.05, 0) is 25.9 Å². The average molecular weight is 194 g/mol. The molecule has 2 N–H and O–H groups in total. The molecule has 0 bridgehead atoms. The molecule has 1 saturated heterocycles. The van der Waals surface area contributed by atoms with Crippen molar-refractivity contribution in [3.8, 4) is 0 Å². The first-order chi connectivity index (χ1) is 6.95. The van der Waals surface area contributed by atoms with Gasteiger partial charge >= 0.3 is 0 Å². The van der Waals surface area contributed by atoms with Gasteiger partial charge in [0.05, 0.1) is 6.33 Å². The second kappa shape index (κ2) is 5.12. The third-order valence-corrected chi connectivity index (χ3v) is 2.70. The standard InChI is InChI=1S/C10H18N4/c1-3-11-4-2-10(1)13-6-8-14-7-5-12-9-14/h5,7,9-11,13H,1-4,6,8H2. The molecule has 0 spiro atoms. The Hall–Kier alpha value is -0.870. The minimum absolute atomic E-state index is 0.708. The van der Waals surface area contributed by atoms with Crippen molar-refractivity contribution < 1.29 is 0 Å². The van der Waals surface area contributed by atoms with Crippen LogP contribution in [0.25, 0.3) is 0 Å². The maximum Gasteiger partial charge on any atom is 0.0946 e. The Kier molecular flexibility index (Phi) is 3.54. The van der Waals surface area contributed by atoms with Gasteiger partial charge in [-0.25, -0.2) is 4.98 Å². The number of hydrogen-bond acceptors (Lipinski definition) is 3. The molecule has 0 atom stereocenters. The van der Waals surface area contributed by atoms with Gasteiger partial charge in [0.2, 0.25) is 0 Å². The van der Waals surface area contributed by atoms with Crippen molar-refractivity contribution in [2.24, 2.45) is 0 Å². The Morgan fingerprint density at radius 2 is 2.29 bits per heavy atom. The van der Waals surface area contributed by atoms with E-state index in [4.69, 9.17) is 0 Å². The third-order valence-electron chi connectivity index (χ3n) is 2.70. The lowest BCUT2D eigenvalue weighted by Crippen LogP contribution is -2.40. The van der Waals surface area contributed by atoms with Gasteiger partial charge in [-0.1, -0.05) is 0 Å². The van der Waals surface area contributed by atoms with Crippen molar-refractivity contribution in [2.45, 2.75) is 25.4 Å². The molecule has 0 radical (unpaired) electrons. The Labute approximate surface area is 84.7 Å². The minimum atomic E-state index is 0.708. The Balaban J connectivity index is 1.62. The highest BCUT2D eigenvalue weighted by Crippen LogP contribution is 2.01. The van der Waals surface area contributed by atoms with E-state index >= 15 is 0 Å². The third kappa shape index (κ3) is 2.82. The SMILES string of the molecule is c1cn(CCNC2CCNCC2)cn1. The summed E-state index contributed by atoms with van der Waals surface area (Å²) in [4.78, 5) is 4.01. The second-order valence-electron chi connectivity index (χ2n) is 3.78. The zero-order valence-electron chi connectivity index (χ0n) is 8.45. The van der Waals surface area contributed by atoms with E-state index in [0.29, 0.717) is 6.04 Å². The number of nitrogens with zero attached hydrogens (tertiary/aromatic N) is 2. The van der Waals surface area contributed by atoms with Crippen LogP contribution in [0.3, 0.4) is 0 Å². The highest BCUT2D eigenvalue weighted by Gasteiger charge is 2.10. The van der Waals surface area contributed by atoms with Gasteiger partial charge in [-0.3, -0.25) is 0 Å². The van der Waals surface area contributed by atoms with E-state index in [2.05, 4.69) is 20.2 Å². The van der Waals surface area contributed by atoms with Gasteiger partial charge in [0, 0.05) is 31.5 Å². The number of imidazole rings is 1. The van der Waals surface area contributed by atoms with Crippen LogP contribution in [-0.4, -0.2) is 35.2 Å². The number of hydrogen-bond donors (Lipinski definition) is 2. The van der Waals surface area contributed by atoms with E-state index in [1.54, 1.807) is 0 Å². The van der Waals surface area contributed by atoms with Crippen LogP contribution in [0, 0.1) is 0 Å². The van der Waals surface area contributed by atoms with E-state index in [0.717, 1.165) is 26.2 Å². The monoisotopic (exact) mass is 194 g/mol. The van der Waals surface area contributed by atoms with Crippen molar-refractivity contribution in [1.29, 1.82) is 0 Å². The molecule has 14 heavy (non-hydrogen) atoms. The summed E-state index contributed by atoms with van der Waals surface area (Å²) in [5, 5.41) is 6.93. The van der Waals surface area contributed by atoms with Crippen LogP contribution in [0.4, 0.5) is 0 Å². The van der Waals surface area contributed by atoms with E-state index in [-0.39, 0.29) is 0 Å². The van der Waals surface area contributed by atoms with E-state index < -0.39 is 0 Å². The first kappa shape index (κ1) is 9.68. The number of aromatic nitrogens is 2. The van der Waals surface area contributed by atoms with Gasteiger partial charge in [-0.15, -0.1) is 0 Å². The number of nitrogens with one attached hydrogen (secondary N) is 2. The largest absolute Gasteiger partial charge is 0.336 e. The minimum Gasteiger partial charge on any atom is -0.336 e. The van der Waals surface area contributed by atoms with Crippen LogP contribution in [0.2, 0.25) is 0 Å².